The van der Waals surface area contributed by atoms with E-state index in [2.05, 4.69) is 15.3 Å². The van der Waals surface area contributed by atoms with Crippen molar-refractivity contribution in [2.75, 3.05) is 23.9 Å². The minimum atomic E-state index is -0.976. The van der Waals surface area contributed by atoms with E-state index in [0.717, 1.165) is 17.7 Å². The van der Waals surface area contributed by atoms with Crippen LogP contribution in [0.1, 0.15) is 5.56 Å². The van der Waals surface area contributed by atoms with Crippen LogP contribution in [-0.4, -0.2) is 27.7 Å². The van der Waals surface area contributed by atoms with Gasteiger partial charge in [-0.25, -0.2) is 9.97 Å². The lowest BCUT2D eigenvalue weighted by Gasteiger charge is -2.10. The highest BCUT2D eigenvalue weighted by atomic mass is 35.5. The highest BCUT2D eigenvalue weighted by Gasteiger charge is 2.17. The molecule has 0 atom stereocenters. The summed E-state index contributed by atoms with van der Waals surface area (Å²) in [6.07, 6.45) is 3.96. The quantitative estimate of drug-likeness (QED) is 0.354. The summed E-state index contributed by atoms with van der Waals surface area (Å²) in [5.41, 5.74) is 6.21. The number of nitrogens with two attached hydrogens (primary N) is 1. The molecule has 2 rings (SSSR count). The van der Waals surface area contributed by atoms with Crippen molar-refractivity contribution in [2.45, 2.75) is 11.6 Å². The second kappa shape index (κ2) is 7.42. The van der Waals surface area contributed by atoms with E-state index in [1.165, 1.54) is 11.8 Å². The standard InChI is InChI=1S/C13H13ClFN5O2S/c1-23-13-18-6-7(12(16)19-13)2-3-17-10-5-11(20(21)22)9(15)4-8(10)14/h4-6,17H,2-3H2,1H3,(H2,16,18,19). The van der Waals surface area contributed by atoms with Crippen LogP contribution in [0.15, 0.2) is 23.5 Å². The molecule has 0 saturated heterocycles. The molecule has 7 nitrogen and oxygen atoms in total. The number of halogens is 2. The van der Waals surface area contributed by atoms with Gasteiger partial charge in [0, 0.05) is 30.4 Å². The number of thioether (sulfide) groups is 1. The molecule has 23 heavy (non-hydrogen) atoms. The Hall–Kier alpha value is -2.13. The molecule has 0 amide bonds. The molecule has 1 heterocycles. The topological polar surface area (TPSA) is 107 Å². The smallest absolute Gasteiger partial charge is 0.306 e. The molecule has 10 heteroatoms. The van der Waals surface area contributed by atoms with E-state index in [1.54, 1.807) is 6.20 Å². The van der Waals surface area contributed by atoms with Gasteiger partial charge in [0.1, 0.15) is 5.82 Å². The number of hydrogen-bond acceptors (Lipinski definition) is 7. The average Bonchev–Trinajstić information content (AvgIpc) is 2.50. The number of rotatable bonds is 6. The number of benzene rings is 1. The van der Waals surface area contributed by atoms with Gasteiger partial charge in [-0.15, -0.1) is 0 Å². The third-order valence-electron chi connectivity index (χ3n) is 3.00. The summed E-state index contributed by atoms with van der Waals surface area (Å²) >= 11 is 7.27. The molecule has 0 unspecified atom stereocenters. The van der Waals surface area contributed by atoms with Crippen LogP contribution in [0.5, 0.6) is 0 Å². The lowest BCUT2D eigenvalue weighted by molar-refractivity contribution is -0.387. The van der Waals surface area contributed by atoms with Gasteiger partial charge in [0.15, 0.2) is 5.16 Å². The van der Waals surface area contributed by atoms with Crippen LogP contribution >= 0.6 is 23.4 Å². The van der Waals surface area contributed by atoms with Crippen LogP contribution in [0.3, 0.4) is 0 Å². The van der Waals surface area contributed by atoms with Gasteiger partial charge in [0.2, 0.25) is 5.82 Å². The van der Waals surface area contributed by atoms with E-state index >= 15 is 0 Å². The van der Waals surface area contributed by atoms with E-state index in [4.69, 9.17) is 17.3 Å². The Morgan fingerprint density at radius 2 is 2.26 bits per heavy atom. The first-order valence-electron chi connectivity index (χ1n) is 6.45. The van der Waals surface area contributed by atoms with Crippen molar-refractivity contribution in [2.24, 2.45) is 0 Å². The summed E-state index contributed by atoms with van der Waals surface area (Å²) in [5.74, 6) is -0.599. The molecule has 3 N–H and O–H groups in total. The first kappa shape index (κ1) is 17.2. The SMILES string of the molecule is CSc1ncc(CCNc2cc([N+](=O)[O-])c(F)cc2Cl)c(N)n1. The fraction of sp³-hybridized carbons (Fsp3) is 0.231. The molecule has 0 saturated carbocycles. The van der Waals surface area contributed by atoms with Gasteiger partial charge in [-0.1, -0.05) is 23.4 Å². The van der Waals surface area contributed by atoms with Gasteiger partial charge in [-0.05, 0) is 12.7 Å². The molecule has 0 aliphatic heterocycles. The molecular formula is C13H13ClFN5O2S. The van der Waals surface area contributed by atoms with Crippen molar-refractivity contribution in [1.29, 1.82) is 0 Å². The maximum Gasteiger partial charge on any atom is 0.306 e. The Morgan fingerprint density at radius 3 is 2.87 bits per heavy atom. The van der Waals surface area contributed by atoms with Crippen molar-refractivity contribution in [3.8, 4) is 0 Å². The Labute approximate surface area is 140 Å². The molecule has 0 fully saturated rings. The zero-order chi connectivity index (χ0) is 17.0. The number of anilines is 2. The molecule has 0 radical (unpaired) electrons. The molecule has 0 aliphatic carbocycles. The number of nitro groups is 1. The van der Waals surface area contributed by atoms with Crippen LogP contribution in [0.25, 0.3) is 0 Å². The number of aromatic nitrogens is 2. The summed E-state index contributed by atoms with van der Waals surface area (Å²) in [5, 5.41) is 14.3. The highest BCUT2D eigenvalue weighted by Crippen LogP contribution is 2.29. The van der Waals surface area contributed by atoms with Gasteiger partial charge in [-0.2, -0.15) is 4.39 Å². The average molecular weight is 358 g/mol. The number of nitro benzene ring substituents is 1. The van der Waals surface area contributed by atoms with E-state index in [1.807, 2.05) is 6.26 Å². The van der Waals surface area contributed by atoms with Crippen molar-refractivity contribution < 1.29 is 9.31 Å². The Bertz CT molecular complexity index is 747. The number of nitrogen functional groups attached to an aromatic ring is 1. The molecule has 0 aliphatic rings. The second-order valence-corrected chi connectivity index (χ2v) is 5.67. The van der Waals surface area contributed by atoms with Crippen LogP contribution in [0, 0.1) is 15.9 Å². The van der Waals surface area contributed by atoms with Crippen LogP contribution < -0.4 is 11.1 Å². The largest absolute Gasteiger partial charge is 0.383 e. The second-order valence-electron chi connectivity index (χ2n) is 4.48. The van der Waals surface area contributed by atoms with Gasteiger partial charge < -0.3 is 11.1 Å². The third kappa shape index (κ3) is 4.20. The van der Waals surface area contributed by atoms with Gasteiger partial charge in [0.25, 0.3) is 0 Å². The maximum absolute atomic E-state index is 13.4. The van der Waals surface area contributed by atoms with E-state index in [9.17, 15) is 14.5 Å². The number of nitrogens with zero attached hydrogens (tertiary/aromatic N) is 3. The van der Waals surface area contributed by atoms with Crippen molar-refractivity contribution in [3.63, 3.8) is 0 Å². The van der Waals surface area contributed by atoms with Crippen LogP contribution in [-0.2, 0) is 6.42 Å². The van der Waals surface area contributed by atoms with Crippen LogP contribution in [0.4, 0.5) is 21.6 Å². The van der Waals surface area contributed by atoms with Crippen LogP contribution in [0.2, 0.25) is 5.02 Å². The predicted octanol–water partition coefficient (Wildman–Crippen LogP) is 3.14. The molecule has 1 aromatic carbocycles. The number of hydrogen-bond donors (Lipinski definition) is 2. The summed E-state index contributed by atoms with van der Waals surface area (Å²) in [4.78, 5) is 18.2. The Morgan fingerprint density at radius 1 is 1.52 bits per heavy atom. The first-order valence-corrected chi connectivity index (χ1v) is 8.05. The van der Waals surface area contributed by atoms with E-state index in [0.29, 0.717) is 23.9 Å². The van der Waals surface area contributed by atoms with E-state index in [-0.39, 0.29) is 10.7 Å². The molecular weight excluding hydrogens is 345 g/mol. The normalized spacial score (nSPS) is 10.6. The van der Waals surface area contributed by atoms with E-state index < -0.39 is 16.4 Å². The zero-order valence-corrected chi connectivity index (χ0v) is 13.6. The first-order chi connectivity index (χ1) is 10.9. The fourth-order valence-corrected chi connectivity index (χ4v) is 2.40. The molecule has 2 aromatic rings. The molecule has 1 aromatic heterocycles. The lowest BCUT2D eigenvalue weighted by Crippen LogP contribution is -2.09. The highest BCUT2D eigenvalue weighted by molar-refractivity contribution is 7.98. The molecule has 122 valence electrons. The monoisotopic (exact) mass is 357 g/mol. The zero-order valence-electron chi connectivity index (χ0n) is 12.0. The summed E-state index contributed by atoms with van der Waals surface area (Å²) < 4.78 is 13.4. The van der Waals surface area contributed by atoms with Crippen molar-refractivity contribution in [1.82, 2.24) is 9.97 Å². The van der Waals surface area contributed by atoms with Crippen molar-refractivity contribution in [3.05, 3.63) is 44.8 Å². The fourth-order valence-electron chi connectivity index (χ4n) is 1.84. The summed E-state index contributed by atoms with van der Waals surface area (Å²) in [6.45, 7) is 0.384. The lowest BCUT2D eigenvalue weighted by atomic mass is 10.2. The Kier molecular flexibility index (Phi) is 5.56. The Balaban J connectivity index is 2.07. The maximum atomic E-state index is 13.4. The molecule has 0 bridgehead atoms. The van der Waals surface area contributed by atoms with Crippen molar-refractivity contribution >= 4 is 40.6 Å². The van der Waals surface area contributed by atoms with Gasteiger partial charge in [0.05, 0.1) is 15.6 Å². The summed E-state index contributed by atoms with van der Waals surface area (Å²) in [6, 6.07) is 1.97. The molecule has 0 spiro atoms. The minimum absolute atomic E-state index is 0.0649. The number of nitrogens with one attached hydrogen (secondary N) is 1. The minimum Gasteiger partial charge on any atom is -0.383 e. The predicted molar refractivity (Wildman–Crippen MR) is 88.5 cm³/mol. The third-order valence-corrected chi connectivity index (χ3v) is 3.88. The van der Waals surface area contributed by atoms with Gasteiger partial charge in [-0.3, -0.25) is 10.1 Å². The summed E-state index contributed by atoms with van der Waals surface area (Å²) in [7, 11) is 0. The van der Waals surface area contributed by atoms with Gasteiger partial charge >= 0.3 is 5.69 Å².